The highest BCUT2D eigenvalue weighted by atomic mass is 16.3. The summed E-state index contributed by atoms with van der Waals surface area (Å²) in [6, 6.07) is 4.06. The molecular weight excluding hydrogens is 216 g/mol. The molecule has 0 aliphatic heterocycles. The standard InChI is InChI=1S/C12H16N4O/c13-8-9-4-5-15-12(11(9)14)16(6-7-17)10-2-1-3-10/h4-5,10,17H,1-3,6-7,14H2. The van der Waals surface area contributed by atoms with E-state index in [0.29, 0.717) is 29.7 Å². The number of pyridine rings is 1. The van der Waals surface area contributed by atoms with E-state index in [2.05, 4.69) is 11.1 Å². The molecule has 1 aliphatic carbocycles. The van der Waals surface area contributed by atoms with E-state index in [4.69, 9.17) is 16.1 Å². The molecule has 1 fully saturated rings. The molecule has 0 aromatic carbocycles. The smallest absolute Gasteiger partial charge is 0.153 e. The van der Waals surface area contributed by atoms with Gasteiger partial charge in [0.1, 0.15) is 6.07 Å². The predicted octanol–water partition coefficient (Wildman–Crippen LogP) is 0.887. The van der Waals surface area contributed by atoms with Gasteiger partial charge in [0.25, 0.3) is 0 Å². The van der Waals surface area contributed by atoms with Crippen molar-refractivity contribution >= 4 is 11.5 Å². The summed E-state index contributed by atoms with van der Waals surface area (Å²) >= 11 is 0. The molecule has 0 spiro atoms. The highest BCUT2D eigenvalue weighted by Crippen LogP contribution is 2.32. The van der Waals surface area contributed by atoms with Gasteiger partial charge in [-0.3, -0.25) is 0 Å². The highest BCUT2D eigenvalue weighted by molar-refractivity contribution is 5.70. The van der Waals surface area contributed by atoms with E-state index >= 15 is 0 Å². The third-order valence-electron chi connectivity index (χ3n) is 3.22. The van der Waals surface area contributed by atoms with Crippen molar-refractivity contribution in [3.05, 3.63) is 17.8 Å². The Kier molecular flexibility index (Phi) is 3.45. The molecule has 0 unspecified atom stereocenters. The summed E-state index contributed by atoms with van der Waals surface area (Å²) in [7, 11) is 0. The third kappa shape index (κ3) is 2.17. The Hall–Kier alpha value is -1.80. The van der Waals surface area contributed by atoms with E-state index in [1.165, 1.54) is 6.42 Å². The van der Waals surface area contributed by atoms with Crippen LogP contribution in [0.3, 0.4) is 0 Å². The quantitative estimate of drug-likeness (QED) is 0.805. The van der Waals surface area contributed by atoms with Gasteiger partial charge in [0.15, 0.2) is 5.82 Å². The van der Waals surface area contributed by atoms with Crippen LogP contribution in [0.25, 0.3) is 0 Å². The molecule has 0 radical (unpaired) electrons. The number of aromatic nitrogens is 1. The molecule has 0 saturated heterocycles. The minimum Gasteiger partial charge on any atom is -0.395 e. The van der Waals surface area contributed by atoms with Crippen LogP contribution in [-0.4, -0.2) is 29.3 Å². The van der Waals surface area contributed by atoms with Crippen LogP contribution >= 0.6 is 0 Å². The van der Waals surface area contributed by atoms with Crippen LogP contribution in [0.5, 0.6) is 0 Å². The van der Waals surface area contributed by atoms with Gasteiger partial charge in [-0.1, -0.05) is 0 Å². The molecule has 1 aromatic rings. The molecule has 1 heterocycles. The number of nitrogen functional groups attached to an aromatic ring is 1. The van der Waals surface area contributed by atoms with Gasteiger partial charge in [0.2, 0.25) is 0 Å². The molecule has 3 N–H and O–H groups in total. The van der Waals surface area contributed by atoms with Crippen molar-refractivity contribution in [2.45, 2.75) is 25.3 Å². The normalized spacial score (nSPS) is 15.1. The fourth-order valence-electron chi connectivity index (χ4n) is 2.06. The average molecular weight is 232 g/mol. The summed E-state index contributed by atoms with van der Waals surface area (Å²) in [5.74, 6) is 0.628. The van der Waals surface area contributed by atoms with E-state index < -0.39 is 0 Å². The highest BCUT2D eigenvalue weighted by Gasteiger charge is 2.27. The van der Waals surface area contributed by atoms with Crippen molar-refractivity contribution in [3.8, 4) is 6.07 Å². The van der Waals surface area contributed by atoms with Crippen molar-refractivity contribution in [1.29, 1.82) is 5.26 Å². The first kappa shape index (κ1) is 11.7. The maximum absolute atomic E-state index is 9.11. The van der Waals surface area contributed by atoms with Gasteiger partial charge >= 0.3 is 0 Å². The lowest BCUT2D eigenvalue weighted by atomic mass is 9.91. The maximum Gasteiger partial charge on any atom is 0.153 e. The van der Waals surface area contributed by atoms with Crippen LogP contribution in [-0.2, 0) is 0 Å². The molecule has 0 amide bonds. The molecule has 1 saturated carbocycles. The van der Waals surface area contributed by atoms with Crippen molar-refractivity contribution < 1.29 is 5.11 Å². The SMILES string of the molecule is N#Cc1ccnc(N(CCO)C2CCC2)c1N. The Morgan fingerprint density at radius 2 is 2.35 bits per heavy atom. The number of aliphatic hydroxyl groups is 1. The zero-order valence-electron chi connectivity index (χ0n) is 9.63. The topological polar surface area (TPSA) is 86.2 Å². The molecule has 90 valence electrons. The molecule has 5 heteroatoms. The van der Waals surface area contributed by atoms with Crippen LogP contribution in [0, 0.1) is 11.3 Å². The summed E-state index contributed by atoms with van der Waals surface area (Å²) in [5.41, 5.74) is 6.79. The van der Waals surface area contributed by atoms with Crippen molar-refractivity contribution in [3.63, 3.8) is 0 Å². The number of nitriles is 1. The lowest BCUT2D eigenvalue weighted by Crippen LogP contribution is -2.42. The fraction of sp³-hybridized carbons (Fsp3) is 0.500. The minimum atomic E-state index is 0.0639. The van der Waals surface area contributed by atoms with Gasteiger partial charge in [-0.2, -0.15) is 5.26 Å². The molecule has 17 heavy (non-hydrogen) atoms. The van der Waals surface area contributed by atoms with Gasteiger partial charge in [0, 0.05) is 18.8 Å². The summed E-state index contributed by atoms with van der Waals surface area (Å²) in [6.07, 6.45) is 4.98. The second kappa shape index (κ2) is 5.02. The van der Waals surface area contributed by atoms with Crippen molar-refractivity contribution in [2.24, 2.45) is 0 Å². The summed E-state index contributed by atoms with van der Waals surface area (Å²) < 4.78 is 0. The largest absolute Gasteiger partial charge is 0.395 e. The number of anilines is 2. The monoisotopic (exact) mass is 232 g/mol. The Labute approximate surface area is 100 Å². The first-order valence-electron chi connectivity index (χ1n) is 5.80. The number of nitrogens with two attached hydrogens (primary N) is 1. The lowest BCUT2D eigenvalue weighted by Gasteiger charge is -2.38. The Balaban J connectivity index is 2.32. The first-order valence-corrected chi connectivity index (χ1v) is 5.80. The van der Waals surface area contributed by atoms with Gasteiger partial charge in [-0.15, -0.1) is 0 Å². The Bertz CT molecular complexity index is 437. The number of hydrogen-bond acceptors (Lipinski definition) is 5. The van der Waals surface area contributed by atoms with Crippen LogP contribution in [0.4, 0.5) is 11.5 Å². The third-order valence-corrected chi connectivity index (χ3v) is 3.22. The van der Waals surface area contributed by atoms with Gasteiger partial charge < -0.3 is 15.7 Å². The van der Waals surface area contributed by atoms with E-state index in [-0.39, 0.29) is 6.61 Å². The molecular formula is C12H16N4O. The average Bonchev–Trinajstić information content (AvgIpc) is 2.26. The summed E-state index contributed by atoms with van der Waals surface area (Å²) in [5, 5.41) is 18.0. The second-order valence-corrected chi connectivity index (χ2v) is 4.21. The van der Waals surface area contributed by atoms with Gasteiger partial charge in [-0.25, -0.2) is 4.98 Å². The van der Waals surface area contributed by atoms with Crippen LogP contribution in [0.2, 0.25) is 0 Å². The number of hydrogen-bond donors (Lipinski definition) is 2. The van der Waals surface area contributed by atoms with Crippen LogP contribution in [0.15, 0.2) is 12.3 Å². The number of aliphatic hydroxyl groups excluding tert-OH is 1. The number of rotatable bonds is 4. The molecule has 1 aromatic heterocycles. The van der Waals surface area contributed by atoms with E-state index in [1.54, 1.807) is 12.3 Å². The lowest BCUT2D eigenvalue weighted by molar-refractivity contribution is 0.283. The maximum atomic E-state index is 9.11. The molecule has 2 rings (SSSR count). The van der Waals surface area contributed by atoms with E-state index in [1.807, 2.05) is 4.90 Å². The second-order valence-electron chi connectivity index (χ2n) is 4.21. The minimum absolute atomic E-state index is 0.0639. The van der Waals surface area contributed by atoms with E-state index in [0.717, 1.165) is 12.8 Å². The summed E-state index contributed by atoms with van der Waals surface area (Å²) in [4.78, 5) is 6.26. The van der Waals surface area contributed by atoms with Crippen LogP contribution < -0.4 is 10.6 Å². The van der Waals surface area contributed by atoms with Crippen molar-refractivity contribution in [2.75, 3.05) is 23.8 Å². The molecule has 5 nitrogen and oxygen atoms in total. The van der Waals surface area contributed by atoms with Gasteiger partial charge in [-0.05, 0) is 25.3 Å². The Morgan fingerprint density at radius 3 is 2.88 bits per heavy atom. The fourth-order valence-corrected chi connectivity index (χ4v) is 2.06. The van der Waals surface area contributed by atoms with E-state index in [9.17, 15) is 0 Å². The number of nitrogens with zero attached hydrogens (tertiary/aromatic N) is 3. The van der Waals surface area contributed by atoms with Gasteiger partial charge in [0.05, 0.1) is 17.9 Å². The van der Waals surface area contributed by atoms with Crippen molar-refractivity contribution in [1.82, 2.24) is 4.98 Å². The zero-order valence-corrected chi connectivity index (χ0v) is 9.63. The summed E-state index contributed by atoms with van der Waals surface area (Å²) in [6.45, 7) is 0.575. The zero-order chi connectivity index (χ0) is 12.3. The Morgan fingerprint density at radius 1 is 1.59 bits per heavy atom. The van der Waals surface area contributed by atoms with Crippen LogP contribution in [0.1, 0.15) is 24.8 Å². The molecule has 0 bridgehead atoms. The first-order chi connectivity index (χ1) is 8.27. The predicted molar refractivity (Wildman–Crippen MR) is 65.4 cm³/mol. The molecule has 1 aliphatic rings. The molecule has 0 atom stereocenters.